The molecular weight excluding hydrogens is 316 g/mol. The van der Waals surface area contributed by atoms with Crippen LogP contribution in [0.25, 0.3) is 0 Å². The number of hydrogen-bond donors (Lipinski definition) is 0. The summed E-state index contributed by atoms with van der Waals surface area (Å²) in [6, 6.07) is 0. The van der Waals surface area contributed by atoms with Crippen molar-refractivity contribution in [2.75, 3.05) is 41.3 Å². The fraction of sp³-hybridized carbons (Fsp3) is 0.857. The molecule has 0 unspecified atom stereocenters. The second-order valence-corrected chi connectivity index (χ2v) is 8.56. The monoisotopic (exact) mass is 344 g/mol. The summed E-state index contributed by atoms with van der Waals surface area (Å²) in [7, 11) is 3.86. The van der Waals surface area contributed by atoms with Crippen molar-refractivity contribution >= 4 is 10.2 Å². The van der Waals surface area contributed by atoms with E-state index >= 15 is 0 Å². The average Bonchev–Trinajstić information content (AvgIpc) is 2.89. The van der Waals surface area contributed by atoms with E-state index in [4.69, 9.17) is 0 Å². The molecule has 0 saturated carbocycles. The van der Waals surface area contributed by atoms with Crippen molar-refractivity contribution in [1.29, 1.82) is 0 Å². The maximum Gasteiger partial charge on any atom is 0.281 e. The molecule has 1 aliphatic rings. The zero-order chi connectivity index (χ0) is 17.2. The lowest BCUT2D eigenvalue weighted by Gasteiger charge is -2.32. The maximum atomic E-state index is 12.2. The summed E-state index contributed by atoms with van der Waals surface area (Å²) >= 11 is 0. The molecule has 0 aromatic carbocycles. The van der Waals surface area contributed by atoms with Crippen molar-refractivity contribution in [2.45, 2.75) is 38.8 Å². The molecule has 0 spiro atoms. The Morgan fingerprint density at radius 1 is 1.13 bits per heavy atom. The molecule has 0 aliphatic carbocycles. The van der Waals surface area contributed by atoms with Crippen molar-refractivity contribution < 1.29 is 8.42 Å². The van der Waals surface area contributed by atoms with Crippen molar-refractivity contribution in [3.8, 4) is 0 Å². The summed E-state index contributed by atoms with van der Waals surface area (Å²) in [4.78, 5) is 2.08. The predicted molar refractivity (Wildman–Crippen MR) is 89.2 cm³/mol. The van der Waals surface area contributed by atoms with E-state index in [1.807, 2.05) is 14.1 Å². The van der Waals surface area contributed by atoms with Gasteiger partial charge in [0.05, 0.1) is 6.54 Å². The van der Waals surface area contributed by atoms with Crippen LogP contribution in [0.3, 0.4) is 0 Å². The Labute approximate surface area is 139 Å². The second-order valence-electron chi connectivity index (χ2n) is 6.42. The quantitative estimate of drug-likeness (QED) is 0.744. The van der Waals surface area contributed by atoms with Crippen LogP contribution in [0.15, 0.2) is 0 Å². The Morgan fingerprint density at radius 2 is 1.74 bits per heavy atom. The van der Waals surface area contributed by atoms with Crippen LogP contribution in [0.4, 0.5) is 0 Å². The summed E-state index contributed by atoms with van der Waals surface area (Å²) in [5, 5.41) is 8.72. The third kappa shape index (κ3) is 3.90. The van der Waals surface area contributed by atoms with Gasteiger partial charge in [-0.1, -0.05) is 0 Å². The van der Waals surface area contributed by atoms with E-state index in [1.165, 1.54) is 4.31 Å². The van der Waals surface area contributed by atoms with E-state index in [2.05, 4.69) is 26.6 Å². The summed E-state index contributed by atoms with van der Waals surface area (Å²) in [6.07, 6.45) is 1.57. The van der Waals surface area contributed by atoms with Gasteiger partial charge in [-0.05, 0) is 33.9 Å². The maximum absolute atomic E-state index is 12.2. The Hall–Kier alpha value is -1.03. The van der Waals surface area contributed by atoms with Gasteiger partial charge in [-0.3, -0.25) is 0 Å². The standard InChI is InChI=1S/C14H28N6O2S/c1-6-20-13(11-17(2)3)15-16-14(20)12-7-9-19(10-8-12)23(21,22)18(4)5/h12H,6-11H2,1-5H3. The van der Waals surface area contributed by atoms with Gasteiger partial charge in [0.1, 0.15) is 11.6 Å². The van der Waals surface area contributed by atoms with Crippen molar-refractivity contribution in [1.82, 2.24) is 28.3 Å². The van der Waals surface area contributed by atoms with Gasteiger partial charge in [-0.2, -0.15) is 17.0 Å². The van der Waals surface area contributed by atoms with E-state index in [0.717, 1.165) is 37.6 Å². The van der Waals surface area contributed by atoms with Crippen LogP contribution in [0.5, 0.6) is 0 Å². The Morgan fingerprint density at radius 3 is 2.22 bits per heavy atom. The minimum atomic E-state index is -3.31. The first-order valence-corrected chi connectivity index (χ1v) is 9.41. The molecule has 132 valence electrons. The first-order chi connectivity index (χ1) is 10.8. The van der Waals surface area contributed by atoms with Crippen LogP contribution in [-0.4, -0.2) is 78.0 Å². The van der Waals surface area contributed by atoms with Gasteiger partial charge in [-0.15, -0.1) is 10.2 Å². The Kier molecular flexibility index (Phi) is 5.77. The SMILES string of the molecule is CCn1c(CN(C)C)nnc1C1CCN(S(=O)(=O)N(C)C)CC1. The molecule has 2 rings (SSSR count). The molecule has 8 nitrogen and oxygen atoms in total. The molecule has 0 atom stereocenters. The summed E-state index contributed by atoms with van der Waals surface area (Å²) < 4.78 is 29.4. The van der Waals surface area contributed by atoms with Gasteiger partial charge in [0.2, 0.25) is 0 Å². The number of rotatable bonds is 6. The van der Waals surface area contributed by atoms with E-state index in [0.29, 0.717) is 13.1 Å². The second kappa shape index (κ2) is 7.25. The predicted octanol–water partition coefficient (Wildman–Crippen LogP) is 0.345. The van der Waals surface area contributed by atoms with Gasteiger partial charge < -0.3 is 9.47 Å². The highest BCUT2D eigenvalue weighted by Gasteiger charge is 2.32. The third-order valence-corrected chi connectivity index (χ3v) is 6.18. The molecule has 1 aromatic rings. The highest BCUT2D eigenvalue weighted by molar-refractivity contribution is 7.86. The van der Waals surface area contributed by atoms with Crippen LogP contribution >= 0.6 is 0 Å². The number of piperidine rings is 1. The first kappa shape index (κ1) is 18.3. The van der Waals surface area contributed by atoms with Gasteiger partial charge in [0.25, 0.3) is 10.2 Å². The fourth-order valence-corrected chi connectivity index (χ4v) is 4.11. The van der Waals surface area contributed by atoms with Crippen LogP contribution in [-0.2, 0) is 23.3 Å². The number of aromatic nitrogens is 3. The van der Waals surface area contributed by atoms with Crippen LogP contribution in [0.1, 0.15) is 37.3 Å². The third-order valence-electron chi connectivity index (χ3n) is 4.24. The van der Waals surface area contributed by atoms with Gasteiger partial charge in [0.15, 0.2) is 0 Å². The summed E-state index contributed by atoms with van der Waals surface area (Å²) in [5.41, 5.74) is 0. The molecular formula is C14H28N6O2S. The van der Waals surface area contributed by atoms with Crippen LogP contribution < -0.4 is 0 Å². The summed E-state index contributed by atoms with van der Waals surface area (Å²) in [5.74, 6) is 2.23. The summed E-state index contributed by atoms with van der Waals surface area (Å²) in [6.45, 7) is 4.75. The minimum Gasteiger partial charge on any atom is -0.314 e. The first-order valence-electron chi connectivity index (χ1n) is 8.01. The number of nitrogens with zero attached hydrogens (tertiary/aromatic N) is 6. The molecule has 9 heteroatoms. The Bertz CT molecular complexity index is 617. The van der Waals surface area contributed by atoms with Gasteiger partial charge in [0, 0.05) is 39.6 Å². The molecule has 1 saturated heterocycles. The van der Waals surface area contributed by atoms with E-state index in [-0.39, 0.29) is 5.92 Å². The topological polar surface area (TPSA) is 74.6 Å². The van der Waals surface area contributed by atoms with E-state index in [1.54, 1.807) is 18.4 Å². The van der Waals surface area contributed by atoms with Crippen molar-refractivity contribution in [3.05, 3.63) is 11.6 Å². The van der Waals surface area contributed by atoms with E-state index in [9.17, 15) is 8.42 Å². The highest BCUT2D eigenvalue weighted by Crippen LogP contribution is 2.29. The molecule has 1 aromatic heterocycles. The largest absolute Gasteiger partial charge is 0.314 e. The van der Waals surface area contributed by atoms with Gasteiger partial charge in [-0.25, -0.2) is 0 Å². The molecule has 23 heavy (non-hydrogen) atoms. The van der Waals surface area contributed by atoms with E-state index < -0.39 is 10.2 Å². The van der Waals surface area contributed by atoms with Crippen molar-refractivity contribution in [3.63, 3.8) is 0 Å². The highest BCUT2D eigenvalue weighted by atomic mass is 32.2. The van der Waals surface area contributed by atoms with Gasteiger partial charge >= 0.3 is 0 Å². The minimum absolute atomic E-state index is 0.270. The van der Waals surface area contributed by atoms with Crippen molar-refractivity contribution in [2.24, 2.45) is 0 Å². The van der Waals surface area contributed by atoms with Crippen LogP contribution in [0, 0.1) is 0 Å². The zero-order valence-electron chi connectivity index (χ0n) is 14.7. The lowest BCUT2D eigenvalue weighted by molar-refractivity contribution is 0.293. The number of hydrogen-bond acceptors (Lipinski definition) is 5. The molecule has 0 amide bonds. The average molecular weight is 344 g/mol. The molecule has 0 N–H and O–H groups in total. The molecule has 1 aliphatic heterocycles. The van der Waals surface area contributed by atoms with Crippen LogP contribution in [0.2, 0.25) is 0 Å². The lowest BCUT2D eigenvalue weighted by Crippen LogP contribution is -2.44. The molecule has 1 fully saturated rings. The zero-order valence-corrected chi connectivity index (χ0v) is 15.5. The molecule has 0 radical (unpaired) electrons. The molecule has 0 bridgehead atoms. The lowest BCUT2D eigenvalue weighted by atomic mass is 9.97. The fourth-order valence-electron chi connectivity index (χ4n) is 2.97. The molecule has 2 heterocycles. The smallest absolute Gasteiger partial charge is 0.281 e. The Balaban J connectivity index is 2.10. The normalized spacial score (nSPS) is 18.2.